The van der Waals surface area contributed by atoms with Crippen molar-refractivity contribution in [2.24, 2.45) is 0 Å². The van der Waals surface area contributed by atoms with E-state index in [9.17, 15) is 20.0 Å². The molecule has 0 radical (unpaired) electrons. The molecule has 2 N–H and O–H groups in total. The number of hydrogen-bond acceptors (Lipinski definition) is 6. The number of carbonyl (C=O) groups excluding carboxylic acids is 1. The molecule has 1 amide bonds. The summed E-state index contributed by atoms with van der Waals surface area (Å²) in [7, 11) is 1.53. The normalized spacial score (nSPS) is 13.8. The molecule has 0 saturated carbocycles. The van der Waals surface area contributed by atoms with E-state index in [0.717, 1.165) is 4.68 Å². The van der Waals surface area contributed by atoms with Crippen LogP contribution in [0, 0.1) is 10.1 Å². The molecular weight excluding hydrogens is 268 g/mol. The van der Waals surface area contributed by atoms with Gasteiger partial charge in [0.05, 0.1) is 23.0 Å². The third-order valence-electron chi connectivity index (χ3n) is 2.63. The van der Waals surface area contributed by atoms with Gasteiger partial charge in [-0.05, 0) is 11.8 Å². The van der Waals surface area contributed by atoms with E-state index in [-0.39, 0.29) is 24.8 Å². The van der Waals surface area contributed by atoms with Crippen LogP contribution < -0.4 is 5.32 Å². The SMILES string of the molecule is COCCC(C)(O)CNC(=O)Cn1ccc([N+](=O)[O-])n1. The van der Waals surface area contributed by atoms with E-state index in [1.165, 1.54) is 19.4 Å². The Labute approximate surface area is 115 Å². The fraction of sp³-hybridized carbons (Fsp3) is 0.636. The number of carbonyl (C=O) groups is 1. The number of ether oxygens (including phenoxy) is 1. The highest BCUT2D eigenvalue weighted by atomic mass is 16.6. The minimum atomic E-state index is -1.07. The van der Waals surface area contributed by atoms with Crippen molar-refractivity contribution in [2.75, 3.05) is 20.3 Å². The molecule has 0 saturated heterocycles. The van der Waals surface area contributed by atoms with Gasteiger partial charge in [0.25, 0.3) is 0 Å². The van der Waals surface area contributed by atoms with Gasteiger partial charge in [-0.3, -0.25) is 4.79 Å². The van der Waals surface area contributed by atoms with Crippen LogP contribution in [0.15, 0.2) is 12.3 Å². The Kier molecular flexibility index (Phi) is 5.59. The van der Waals surface area contributed by atoms with Gasteiger partial charge in [0.2, 0.25) is 5.91 Å². The molecule has 1 atom stereocenters. The molecular formula is C11H18N4O5. The average molecular weight is 286 g/mol. The van der Waals surface area contributed by atoms with Crippen molar-refractivity contribution in [1.82, 2.24) is 15.1 Å². The second kappa shape index (κ2) is 6.96. The molecule has 9 nitrogen and oxygen atoms in total. The molecule has 0 spiro atoms. The lowest BCUT2D eigenvalue weighted by molar-refractivity contribution is -0.389. The molecule has 1 aromatic heterocycles. The van der Waals surface area contributed by atoms with Gasteiger partial charge in [-0.15, -0.1) is 0 Å². The summed E-state index contributed by atoms with van der Waals surface area (Å²) in [6, 6.07) is 1.21. The quantitative estimate of drug-likeness (QED) is 0.500. The summed E-state index contributed by atoms with van der Waals surface area (Å²) in [5.74, 6) is -0.703. The second-order valence-electron chi connectivity index (χ2n) is 4.65. The Morgan fingerprint density at radius 3 is 2.95 bits per heavy atom. The van der Waals surface area contributed by atoms with E-state index in [1.807, 2.05) is 0 Å². The standard InChI is InChI=1S/C11H18N4O5/c1-11(17,4-6-20-2)8-12-10(16)7-14-5-3-9(13-14)15(18)19/h3,5,17H,4,6-8H2,1-2H3,(H,12,16). The van der Waals surface area contributed by atoms with Crippen molar-refractivity contribution in [2.45, 2.75) is 25.5 Å². The van der Waals surface area contributed by atoms with Crippen LogP contribution >= 0.6 is 0 Å². The maximum Gasteiger partial charge on any atom is 0.389 e. The maximum absolute atomic E-state index is 11.6. The van der Waals surface area contributed by atoms with Gasteiger partial charge < -0.3 is 25.3 Å². The first-order chi connectivity index (χ1) is 9.34. The van der Waals surface area contributed by atoms with Gasteiger partial charge in [0.1, 0.15) is 6.54 Å². The number of hydrogen-bond donors (Lipinski definition) is 2. The highest BCUT2D eigenvalue weighted by molar-refractivity contribution is 5.75. The zero-order valence-electron chi connectivity index (χ0n) is 11.4. The van der Waals surface area contributed by atoms with Crippen molar-refractivity contribution in [1.29, 1.82) is 0 Å². The number of nitrogens with zero attached hydrogens (tertiary/aromatic N) is 3. The van der Waals surface area contributed by atoms with Gasteiger partial charge in [-0.2, -0.15) is 4.68 Å². The van der Waals surface area contributed by atoms with Crippen LogP contribution in [0.2, 0.25) is 0 Å². The molecule has 1 aromatic rings. The maximum atomic E-state index is 11.6. The monoisotopic (exact) mass is 286 g/mol. The number of amides is 1. The zero-order chi connectivity index (χ0) is 15.2. The zero-order valence-corrected chi connectivity index (χ0v) is 11.4. The third-order valence-corrected chi connectivity index (χ3v) is 2.63. The number of aromatic nitrogens is 2. The van der Waals surface area contributed by atoms with E-state index in [2.05, 4.69) is 10.4 Å². The molecule has 1 heterocycles. The summed E-state index contributed by atoms with van der Waals surface area (Å²) >= 11 is 0. The van der Waals surface area contributed by atoms with Crippen LogP contribution in [-0.4, -0.2) is 51.6 Å². The van der Waals surface area contributed by atoms with Crippen LogP contribution in [0.4, 0.5) is 5.82 Å². The predicted octanol–water partition coefficient (Wildman–Crippen LogP) is -0.305. The largest absolute Gasteiger partial charge is 0.389 e. The minimum absolute atomic E-state index is 0.0680. The van der Waals surface area contributed by atoms with Crippen molar-refractivity contribution >= 4 is 11.7 Å². The molecule has 0 aliphatic rings. The highest BCUT2D eigenvalue weighted by Crippen LogP contribution is 2.08. The summed E-state index contributed by atoms with van der Waals surface area (Å²) in [4.78, 5) is 21.4. The van der Waals surface area contributed by atoms with Gasteiger partial charge in [0.15, 0.2) is 0 Å². The molecule has 112 valence electrons. The van der Waals surface area contributed by atoms with Crippen LogP contribution in [-0.2, 0) is 16.1 Å². The average Bonchev–Trinajstić information content (AvgIpc) is 2.83. The molecule has 0 bridgehead atoms. The molecule has 0 aliphatic heterocycles. The van der Waals surface area contributed by atoms with Gasteiger partial charge in [-0.1, -0.05) is 0 Å². The van der Waals surface area contributed by atoms with E-state index >= 15 is 0 Å². The topological polar surface area (TPSA) is 120 Å². The Hall–Kier alpha value is -2.00. The molecule has 9 heteroatoms. The summed E-state index contributed by atoms with van der Waals surface area (Å²) < 4.78 is 6.02. The summed E-state index contributed by atoms with van der Waals surface area (Å²) in [6.07, 6.45) is 1.73. The lowest BCUT2D eigenvalue weighted by Crippen LogP contribution is -2.42. The fourth-order valence-corrected chi connectivity index (χ4v) is 1.44. The first-order valence-electron chi connectivity index (χ1n) is 6.00. The summed E-state index contributed by atoms with van der Waals surface area (Å²) in [5, 5.41) is 26.5. The van der Waals surface area contributed by atoms with E-state index in [4.69, 9.17) is 4.74 Å². The Balaban J connectivity index is 2.41. The van der Waals surface area contributed by atoms with Crippen molar-refractivity contribution < 1.29 is 19.6 Å². The lowest BCUT2D eigenvalue weighted by atomic mass is 10.0. The number of methoxy groups -OCH3 is 1. The van der Waals surface area contributed by atoms with Crippen LogP contribution in [0.3, 0.4) is 0 Å². The second-order valence-corrected chi connectivity index (χ2v) is 4.65. The fourth-order valence-electron chi connectivity index (χ4n) is 1.44. The highest BCUT2D eigenvalue weighted by Gasteiger charge is 2.21. The Morgan fingerprint density at radius 1 is 1.70 bits per heavy atom. The molecule has 0 fully saturated rings. The minimum Gasteiger partial charge on any atom is -0.388 e. The molecule has 0 aromatic carbocycles. The number of rotatable bonds is 8. The van der Waals surface area contributed by atoms with E-state index < -0.39 is 10.5 Å². The molecule has 20 heavy (non-hydrogen) atoms. The number of nitro groups is 1. The van der Waals surface area contributed by atoms with Crippen molar-refractivity contribution in [3.8, 4) is 0 Å². The smallest absolute Gasteiger partial charge is 0.388 e. The first-order valence-corrected chi connectivity index (χ1v) is 6.00. The van der Waals surface area contributed by atoms with Gasteiger partial charge in [0, 0.05) is 26.7 Å². The predicted molar refractivity (Wildman–Crippen MR) is 69.0 cm³/mol. The first kappa shape index (κ1) is 16.1. The van der Waals surface area contributed by atoms with Crippen LogP contribution in [0.5, 0.6) is 0 Å². The number of nitrogens with one attached hydrogen (secondary N) is 1. The molecule has 0 aliphatic carbocycles. The third kappa shape index (κ3) is 5.33. The van der Waals surface area contributed by atoms with Crippen molar-refractivity contribution in [3.63, 3.8) is 0 Å². The summed E-state index contributed by atoms with van der Waals surface area (Å²) in [5.41, 5.74) is -1.07. The Bertz CT molecular complexity index is 471. The lowest BCUT2D eigenvalue weighted by Gasteiger charge is -2.23. The molecule has 1 unspecified atom stereocenters. The van der Waals surface area contributed by atoms with Crippen molar-refractivity contribution in [3.05, 3.63) is 22.4 Å². The Morgan fingerprint density at radius 2 is 2.40 bits per heavy atom. The summed E-state index contributed by atoms with van der Waals surface area (Å²) in [6.45, 7) is 1.89. The van der Waals surface area contributed by atoms with E-state index in [1.54, 1.807) is 6.92 Å². The van der Waals surface area contributed by atoms with Crippen LogP contribution in [0.25, 0.3) is 0 Å². The van der Waals surface area contributed by atoms with E-state index in [0.29, 0.717) is 13.0 Å². The van der Waals surface area contributed by atoms with Gasteiger partial charge in [-0.25, -0.2) is 0 Å². The number of aliphatic hydroxyl groups is 1. The van der Waals surface area contributed by atoms with Crippen LogP contribution in [0.1, 0.15) is 13.3 Å². The van der Waals surface area contributed by atoms with Gasteiger partial charge >= 0.3 is 5.82 Å². The molecule has 1 rings (SSSR count).